The average molecular weight is 278 g/mol. The van der Waals surface area contributed by atoms with E-state index in [-0.39, 0.29) is 13.0 Å². The Morgan fingerprint density at radius 1 is 1.25 bits per heavy atom. The van der Waals surface area contributed by atoms with Crippen LogP contribution in [0.3, 0.4) is 0 Å². The number of aliphatic hydroxyl groups is 1. The summed E-state index contributed by atoms with van der Waals surface area (Å²) in [6.45, 7) is 3.87. The van der Waals surface area contributed by atoms with Crippen molar-refractivity contribution < 1.29 is 19.8 Å². The predicted molar refractivity (Wildman–Crippen MR) is 73.7 cm³/mol. The maximum atomic E-state index is 12.1. The number of urea groups is 1. The van der Waals surface area contributed by atoms with Crippen molar-refractivity contribution in [1.29, 1.82) is 0 Å². The van der Waals surface area contributed by atoms with Gasteiger partial charge in [0.25, 0.3) is 0 Å². The summed E-state index contributed by atoms with van der Waals surface area (Å²) in [5.74, 6) is -1.10. The second-order valence-corrected chi connectivity index (χ2v) is 5.20. The lowest BCUT2D eigenvalue weighted by atomic mass is 10.1. The first-order chi connectivity index (χ1) is 9.36. The molecule has 0 unspecified atom stereocenters. The van der Waals surface area contributed by atoms with E-state index in [0.717, 1.165) is 16.0 Å². The standard InChI is InChI=1S/C14H18N2O4/c1-8-3-9(2)5-10(4-8)15-14(20)16-7-11(17)6-12(16)13(18)19/h3-5,11-12,17H,6-7H2,1-2H3,(H,15,20)(H,18,19)/t11-,12+/m1/s1. The first kappa shape index (κ1) is 14.3. The Morgan fingerprint density at radius 3 is 2.40 bits per heavy atom. The van der Waals surface area contributed by atoms with Gasteiger partial charge in [-0.25, -0.2) is 9.59 Å². The first-order valence-electron chi connectivity index (χ1n) is 6.43. The summed E-state index contributed by atoms with van der Waals surface area (Å²) in [7, 11) is 0. The van der Waals surface area contributed by atoms with Crippen molar-refractivity contribution in [2.24, 2.45) is 0 Å². The second kappa shape index (κ2) is 5.50. The van der Waals surface area contributed by atoms with E-state index in [1.54, 1.807) is 0 Å². The molecule has 0 spiro atoms. The summed E-state index contributed by atoms with van der Waals surface area (Å²) in [4.78, 5) is 24.4. The zero-order valence-corrected chi connectivity index (χ0v) is 11.5. The van der Waals surface area contributed by atoms with E-state index in [9.17, 15) is 14.7 Å². The van der Waals surface area contributed by atoms with E-state index in [2.05, 4.69) is 5.32 Å². The lowest BCUT2D eigenvalue weighted by Crippen LogP contribution is -2.43. The number of β-amino-alcohol motifs (C(OH)–C–C–N with tert-alkyl or cyclic N) is 1. The molecule has 1 aromatic rings. The summed E-state index contributed by atoms with van der Waals surface area (Å²) < 4.78 is 0. The molecule has 0 saturated carbocycles. The molecular weight excluding hydrogens is 260 g/mol. The smallest absolute Gasteiger partial charge is 0.326 e. The fourth-order valence-corrected chi connectivity index (χ4v) is 2.51. The molecule has 6 nitrogen and oxygen atoms in total. The van der Waals surface area contributed by atoms with Crippen LogP contribution in [0.25, 0.3) is 0 Å². The van der Waals surface area contributed by atoms with E-state index in [1.165, 1.54) is 0 Å². The Labute approximate surface area is 117 Å². The van der Waals surface area contributed by atoms with Crippen molar-refractivity contribution in [2.45, 2.75) is 32.4 Å². The maximum absolute atomic E-state index is 12.1. The molecule has 2 atom stereocenters. The van der Waals surface area contributed by atoms with Gasteiger partial charge in [0.05, 0.1) is 6.10 Å². The van der Waals surface area contributed by atoms with Gasteiger partial charge in [0, 0.05) is 18.7 Å². The molecule has 1 aromatic carbocycles. The zero-order valence-electron chi connectivity index (χ0n) is 11.5. The number of hydrogen-bond acceptors (Lipinski definition) is 3. The van der Waals surface area contributed by atoms with E-state index in [0.29, 0.717) is 5.69 Å². The number of carboxylic acid groups (broad SMARTS) is 1. The van der Waals surface area contributed by atoms with Gasteiger partial charge in [-0.15, -0.1) is 0 Å². The van der Waals surface area contributed by atoms with Gasteiger partial charge in [0.15, 0.2) is 0 Å². The van der Waals surface area contributed by atoms with Crippen molar-refractivity contribution in [1.82, 2.24) is 4.90 Å². The number of nitrogens with one attached hydrogen (secondary N) is 1. The summed E-state index contributed by atoms with van der Waals surface area (Å²) in [6.07, 6.45) is -0.726. The topological polar surface area (TPSA) is 89.9 Å². The molecule has 0 aliphatic carbocycles. The van der Waals surface area contributed by atoms with E-state index in [1.807, 2.05) is 32.0 Å². The predicted octanol–water partition coefficient (Wildman–Crippen LogP) is 1.36. The molecule has 2 rings (SSSR count). The number of hydrogen-bond donors (Lipinski definition) is 3. The number of rotatable bonds is 2. The van der Waals surface area contributed by atoms with Gasteiger partial charge in [-0.2, -0.15) is 0 Å². The number of carbonyl (C=O) groups excluding carboxylic acids is 1. The third-order valence-corrected chi connectivity index (χ3v) is 3.30. The molecule has 6 heteroatoms. The molecule has 0 aromatic heterocycles. The van der Waals surface area contributed by atoms with Crippen molar-refractivity contribution in [2.75, 3.05) is 11.9 Å². The number of aliphatic carboxylic acids is 1. The molecule has 1 heterocycles. The number of aliphatic hydroxyl groups excluding tert-OH is 1. The molecule has 108 valence electrons. The summed E-state index contributed by atoms with van der Waals surface area (Å²) in [5.41, 5.74) is 2.64. The van der Waals surface area contributed by atoms with Crippen LogP contribution in [0.5, 0.6) is 0 Å². The maximum Gasteiger partial charge on any atom is 0.326 e. The second-order valence-electron chi connectivity index (χ2n) is 5.20. The number of carboxylic acids is 1. The third-order valence-electron chi connectivity index (χ3n) is 3.30. The average Bonchev–Trinajstić information content (AvgIpc) is 2.70. The Morgan fingerprint density at radius 2 is 1.85 bits per heavy atom. The molecule has 0 radical (unpaired) electrons. The minimum atomic E-state index is -1.10. The Kier molecular flexibility index (Phi) is 3.94. The number of likely N-dealkylation sites (tertiary alicyclic amines) is 1. The van der Waals surface area contributed by atoms with Crippen LogP contribution in [0.4, 0.5) is 10.5 Å². The number of carbonyl (C=O) groups is 2. The first-order valence-corrected chi connectivity index (χ1v) is 6.43. The van der Waals surface area contributed by atoms with Crippen LogP contribution in [0, 0.1) is 13.8 Å². The van der Waals surface area contributed by atoms with Gasteiger partial charge in [-0.1, -0.05) is 6.07 Å². The van der Waals surface area contributed by atoms with Crippen molar-refractivity contribution in [3.8, 4) is 0 Å². The van der Waals surface area contributed by atoms with Gasteiger partial charge < -0.3 is 20.4 Å². The van der Waals surface area contributed by atoms with Crippen LogP contribution in [0.1, 0.15) is 17.5 Å². The van der Waals surface area contributed by atoms with Crippen molar-refractivity contribution in [3.05, 3.63) is 29.3 Å². The molecule has 2 amide bonds. The minimum absolute atomic E-state index is 0.0353. The van der Waals surface area contributed by atoms with Gasteiger partial charge in [-0.3, -0.25) is 0 Å². The van der Waals surface area contributed by atoms with Gasteiger partial charge >= 0.3 is 12.0 Å². The van der Waals surface area contributed by atoms with E-state index >= 15 is 0 Å². The van der Waals surface area contributed by atoms with E-state index < -0.39 is 24.1 Å². The van der Waals surface area contributed by atoms with Gasteiger partial charge in [-0.05, 0) is 37.1 Å². The number of nitrogens with zero attached hydrogens (tertiary/aromatic N) is 1. The molecule has 1 saturated heterocycles. The summed E-state index contributed by atoms with van der Waals surface area (Å²) in [6, 6.07) is 4.13. The van der Waals surface area contributed by atoms with Crippen LogP contribution in [-0.2, 0) is 4.79 Å². The van der Waals surface area contributed by atoms with E-state index in [4.69, 9.17) is 5.11 Å². The number of anilines is 1. The highest BCUT2D eigenvalue weighted by molar-refractivity contribution is 5.93. The largest absolute Gasteiger partial charge is 0.480 e. The van der Waals surface area contributed by atoms with Crippen LogP contribution >= 0.6 is 0 Å². The van der Waals surface area contributed by atoms with Gasteiger partial charge in [0.1, 0.15) is 6.04 Å². The van der Waals surface area contributed by atoms with Crippen LogP contribution in [0.2, 0.25) is 0 Å². The Hall–Kier alpha value is -2.08. The fourth-order valence-electron chi connectivity index (χ4n) is 2.51. The highest BCUT2D eigenvalue weighted by Gasteiger charge is 2.38. The van der Waals surface area contributed by atoms with Crippen LogP contribution in [0.15, 0.2) is 18.2 Å². The summed E-state index contributed by atoms with van der Waals surface area (Å²) >= 11 is 0. The highest BCUT2D eigenvalue weighted by Crippen LogP contribution is 2.20. The molecular formula is C14H18N2O4. The van der Waals surface area contributed by atoms with Gasteiger partial charge in [0.2, 0.25) is 0 Å². The lowest BCUT2D eigenvalue weighted by molar-refractivity contribution is -0.141. The van der Waals surface area contributed by atoms with Crippen LogP contribution in [-0.4, -0.2) is 45.8 Å². The number of amides is 2. The molecule has 1 aliphatic rings. The SMILES string of the molecule is Cc1cc(C)cc(NC(=O)N2C[C@H](O)C[C@H]2C(=O)O)c1. The van der Waals surface area contributed by atoms with Crippen molar-refractivity contribution >= 4 is 17.7 Å². The molecule has 1 aliphatic heterocycles. The quantitative estimate of drug-likeness (QED) is 0.762. The molecule has 3 N–H and O–H groups in total. The Bertz CT molecular complexity index is 524. The molecule has 1 fully saturated rings. The highest BCUT2D eigenvalue weighted by atomic mass is 16.4. The molecule has 20 heavy (non-hydrogen) atoms. The number of aryl methyl sites for hydroxylation is 2. The zero-order chi connectivity index (χ0) is 14.9. The fraction of sp³-hybridized carbons (Fsp3) is 0.429. The molecule has 0 bridgehead atoms. The monoisotopic (exact) mass is 278 g/mol. The number of benzene rings is 1. The van der Waals surface area contributed by atoms with Crippen molar-refractivity contribution in [3.63, 3.8) is 0 Å². The minimum Gasteiger partial charge on any atom is -0.480 e. The Balaban J connectivity index is 2.13. The third kappa shape index (κ3) is 3.08. The lowest BCUT2D eigenvalue weighted by Gasteiger charge is -2.21. The normalized spacial score (nSPS) is 21.9. The summed E-state index contributed by atoms with van der Waals surface area (Å²) in [5, 5.41) is 21.3. The van der Waals surface area contributed by atoms with Crippen LogP contribution < -0.4 is 5.32 Å².